The lowest BCUT2D eigenvalue weighted by Gasteiger charge is -2.15. The third-order valence-corrected chi connectivity index (χ3v) is 3.65. The number of nitrogens with one attached hydrogen (secondary N) is 1. The lowest BCUT2D eigenvalue weighted by Crippen LogP contribution is -2.00. The molecule has 0 radical (unpaired) electrons. The first-order valence-electron chi connectivity index (χ1n) is 5.99. The van der Waals surface area contributed by atoms with E-state index >= 15 is 0 Å². The first kappa shape index (κ1) is 12.6. The van der Waals surface area contributed by atoms with Gasteiger partial charge in [0.15, 0.2) is 0 Å². The zero-order valence-corrected chi connectivity index (χ0v) is 11.5. The van der Waals surface area contributed by atoms with E-state index < -0.39 is 0 Å². The van der Waals surface area contributed by atoms with Gasteiger partial charge in [-0.3, -0.25) is 9.97 Å². The quantitative estimate of drug-likeness (QED) is 0.800. The average molecular weight is 283 g/mol. The van der Waals surface area contributed by atoms with Crippen LogP contribution in [0.2, 0.25) is 0 Å². The van der Waals surface area contributed by atoms with E-state index in [2.05, 4.69) is 20.3 Å². The molecule has 3 aromatic heterocycles. The number of aromatic nitrogens is 3. The van der Waals surface area contributed by atoms with E-state index in [1.54, 1.807) is 30.6 Å². The monoisotopic (exact) mass is 283 g/mol. The van der Waals surface area contributed by atoms with Crippen LogP contribution >= 0.6 is 11.3 Å². The van der Waals surface area contributed by atoms with E-state index in [0.29, 0.717) is 11.4 Å². The molecule has 5 nitrogen and oxygen atoms in total. The summed E-state index contributed by atoms with van der Waals surface area (Å²) in [6.45, 7) is 1.93. The standard InChI is InChI=1S/C14H12N4OS/c1-9-8-20-14(17-9)12-6-11(13(19)7-16-12)18-10-2-4-15-5-3-10/h2-8,19H,1H3,(H,15,16,18)/p-1. The summed E-state index contributed by atoms with van der Waals surface area (Å²) in [5.41, 5.74) is 2.93. The number of aryl methyl sites for hydroxylation is 1. The van der Waals surface area contributed by atoms with Crippen LogP contribution in [0.4, 0.5) is 11.4 Å². The molecule has 0 atom stereocenters. The number of anilines is 2. The summed E-state index contributed by atoms with van der Waals surface area (Å²) in [6, 6.07) is 5.32. The molecule has 0 aromatic carbocycles. The topological polar surface area (TPSA) is 73.8 Å². The maximum atomic E-state index is 11.9. The fourth-order valence-corrected chi connectivity index (χ4v) is 2.48. The molecule has 3 heterocycles. The summed E-state index contributed by atoms with van der Waals surface area (Å²) in [7, 11) is 0. The molecular weight excluding hydrogens is 272 g/mol. The third kappa shape index (κ3) is 2.60. The number of thiazole rings is 1. The van der Waals surface area contributed by atoms with Crippen LogP contribution in [0.3, 0.4) is 0 Å². The van der Waals surface area contributed by atoms with Crippen molar-refractivity contribution in [3.05, 3.63) is 47.9 Å². The Morgan fingerprint density at radius 2 is 2.05 bits per heavy atom. The molecule has 0 saturated heterocycles. The van der Waals surface area contributed by atoms with Crippen LogP contribution in [0.1, 0.15) is 5.69 Å². The average Bonchev–Trinajstić information content (AvgIpc) is 2.89. The Morgan fingerprint density at radius 1 is 1.25 bits per heavy atom. The van der Waals surface area contributed by atoms with Crippen molar-refractivity contribution < 1.29 is 5.11 Å². The van der Waals surface area contributed by atoms with E-state index in [4.69, 9.17) is 0 Å². The molecule has 100 valence electrons. The molecule has 3 aromatic rings. The first-order valence-corrected chi connectivity index (χ1v) is 6.87. The van der Waals surface area contributed by atoms with E-state index in [0.717, 1.165) is 16.4 Å². The van der Waals surface area contributed by atoms with Gasteiger partial charge in [0.25, 0.3) is 0 Å². The molecule has 20 heavy (non-hydrogen) atoms. The lowest BCUT2D eigenvalue weighted by molar-refractivity contribution is -0.267. The minimum absolute atomic E-state index is 0.154. The Labute approximate surface area is 120 Å². The fourth-order valence-electron chi connectivity index (χ4n) is 1.72. The Hall–Kier alpha value is -2.47. The van der Waals surface area contributed by atoms with Gasteiger partial charge in [-0.25, -0.2) is 4.98 Å². The normalized spacial score (nSPS) is 10.4. The van der Waals surface area contributed by atoms with Gasteiger partial charge in [-0.2, -0.15) is 0 Å². The largest absolute Gasteiger partial charge is 0.870 e. The fraction of sp³-hybridized carbons (Fsp3) is 0.0714. The van der Waals surface area contributed by atoms with Gasteiger partial charge in [0, 0.05) is 41.0 Å². The van der Waals surface area contributed by atoms with E-state index in [1.807, 2.05) is 12.3 Å². The first-order chi connectivity index (χ1) is 9.72. The van der Waals surface area contributed by atoms with Crippen molar-refractivity contribution in [2.45, 2.75) is 6.92 Å². The van der Waals surface area contributed by atoms with Crippen molar-refractivity contribution in [1.29, 1.82) is 0 Å². The van der Waals surface area contributed by atoms with Gasteiger partial charge in [0.05, 0.1) is 0 Å². The summed E-state index contributed by atoms with van der Waals surface area (Å²) in [6.07, 6.45) is 4.65. The molecular formula is C14H11N4OS-. The second-order valence-electron chi connectivity index (χ2n) is 4.22. The molecule has 0 bridgehead atoms. The van der Waals surface area contributed by atoms with Crippen molar-refractivity contribution in [3.63, 3.8) is 0 Å². The van der Waals surface area contributed by atoms with Crippen LogP contribution in [0.5, 0.6) is 5.75 Å². The number of pyridine rings is 2. The molecule has 1 N–H and O–H groups in total. The summed E-state index contributed by atoms with van der Waals surface area (Å²) in [5, 5.41) is 17.7. The van der Waals surface area contributed by atoms with Gasteiger partial charge in [0.1, 0.15) is 10.7 Å². The minimum atomic E-state index is -0.154. The molecule has 0 amide bonds. The predicted octanol–water partition coefficient (Wildman–Crippen LogP) is 2.73. The van der Waals surface area contributed by atoms with Crippen LogP contribution < -0.4 is 10.4 Å². The molecule has 0 unspecified atom stereocenters. The van der Waals surface area contributed by atoms with Crippen molar-refractivity contribution in [2.75, 3.05) is 5.32 Å². The molecule has 0 fully saturated rings. The Morgan fingerprint density at radius 3 is 2.75 bits per heavy atom. The number of rotatable bonds is 3. The van der Waals surface area contributed by atoms with E-state index in [-0.39, 0.29) is 5.75 Å². The van der Waals surface area contributed by atoms with Crippen molar-refractivity contribution >= 4 is 22.7 Å². The molecule has 0 saturated carbocycles. The van der Waals surface area contributed by atoms with Gasteiger partial charge < -0.3 is 10.4 Å². The minimum Gasteiger partial charge on any atom is -0.870 e. The molecule has 0 aliphatic rings. The van der Waals surface area contributed by atoms with E-state index in [9.17, 15) is 5.11 Å². The Balaban J connectivity index is 1.95. The maximum Gasteiger partial charge on any atom is 0.142 e. The SMILES string of the molecule is Cc1csc(-c2cc(Nc3ccncc3)c([O-])cn2)n1. The highest BCUT2D eigenvalue weighted by molar-refractivity contribution is 7.13. The summed E-state index contributed by atoms with van der Waals surface area (Å²) in [4.78, 5) is 12.5. The van der Waals surface area contributed by atoms with Crippen LogP contribution in [-0.2, 0) is 0 Å². The molecule has 0 spiro atoms. The molecule has 6 heteroatoms. The highest BCUT2D eigenvalue weighted by Crippen LogP contribution is 2.29. The van der Waals surface area contributed by atoms with Crippen molar-refractivity contribution in [3.8, 4) is 16.5 Å². The maximum absolute atomic E-state index is 11.9. The van der Waals surface area contributed by atoms with Crippen molar-refractivity contribution in [2.24, 2.45) is 0 Å². The van der Waals surface area contributed by atoms with Crippen LogP contribution in [-0.4, -0.2) is 15.0 Å². The highest BCUT2D eigenvalue weighted by Gasteiger charge is 2.06. The molecule has 0 aliphatic carbocycles. The number of nitrogens with zero attached hydrogens (tertiary/aromatic N) is 3. The van der Waals surface area contributed by atoms with E-state index in [1.165, 1.54) is 17.5 Å². The smallest absolute Gasteiger partial charge is 0.142 e. The second-order valence-corrected chi connectivity index (χ2v) is 5.08. The summed E-state index contributed by atoms with van der Waals surface area (Å²) >= 11 is 1.51. The van der Waals surface area contributed by atoms with Gasteiger partial charge in [0.2, 0.25) is 0 Å². The second kappa shape index (κ2) is 5.26. The van der Waals surface area contributed by atoms with Crippen molar-refractivity contribution in [1.82, 2.24) is 15.0 Å². The predicted molar refractivity (Wildman–Crippen MR) is 77.0 cm³/mol. The summed E-state index contributed by atoms with van der Waals surface area (Å²) in [5.74, 6) is -0.154. The lowest BCUT2D eigenvalue weighted by atomic mass is 10.3. The van der Waals surface area contributed by atoms with Gasteiger partial charge >= 0.3 is 0 Å². The zero-order chi connectivity index (χ0) is 13.9. The Bertz CT molecular complexity index is 727. The highest BCUT2D eigenvalue weighted by atomic mass is 32.1. The van der Waals surface area contributed by atoms with Gasteiger partial charge in [-0.1, -0.05) is 5.75 Å². The third-order valence-electron chi connectivity index (χ3n) is 2.66. The Kier molecular flexibility index (Phi) is 3.30. The van der Waals surface area contributed by atoms with Gasteiger partial charge in [-0.15, -0.1) is 11.3 Å². The van der Waals surface area contributed by atoms with Gasteiger partial charge in [-0.05, 0) is 25.1 Å². The number of hydrogen-bond donors (Lipinski definition) is 1. The zero-order valence-electron chi connectivity index (χ0n) is 10.7. The van der Waals surface area contributed by atoms with Crippen LogP contribution in [0.25, 0.3) is 10.7 Å². The summed E-state index contributed by atoms with van der Waals surface area (Å²) < 4.78 is 0. The van der Waals surface area contributed by atoms with Crippen LogP contribution in [0.15, 0.2) is 42.2 Å². The number of hydrogen-bond acceptors (Lipinski definition) is 6. The van der Waals surface area contributed by atoms with Crippen LogP contribution in [0, 0.1) is 6.92 Å². The molecule has 3 rings (SSSR count). The molecule has 0 aliphatic heterocycles.